The van der Waals surface area contributed by atoms with Gasteiger partial charge in [-0.05, 0) is 26.2 Å². The quantitative estimate of drug-likeness (QED) is 0.675. The SMILES string of the molecule is CC1OCCC1C1(N)CCCCC1. The van der Waals surface area contributed by atoms with E-state index in [1.807, 2.05) is 0 Å². The highest BCUT2D eigenvalue weighted by molar-refractivity contribution is 4.97. The third-order valence-electron chi connectivity index (χ3n) is 3.90. The maximum absolute atomic E-state index is 6.47. The van der Waals surface area contributed by atoms with Gasteiger partial charge in [0.2, 0.25) is 0 Å². The standard InChI is InChI=1S/C11H21NO/c1-9-10(5-8-13-9)11(12)6-3-2-4-7-11/h9-10H,2-8,12H2,1H3. The third kappa shape index (κ3) is 1.75. The molecule has 2 nitrogen and oxygen atoms in total. The Labute approximate surface area is 80.8 Å². The summed E-state index contributed by atoms with van der Waals surface area (Å²) in [6.07, 6.45) is 8.01. The van der Waals surface area contributed by atoms with Crippen molar-refractivity contribution < 1.29 is 4.74 Å². The molecule has 0 aromatic heterocycles. The lowest BCUT2D eigenvalue weighted by atomic mass is 9.71. The summed E-state index contributed by atoms with van der Waals surface area (Å²) < 4.78 is 5.60. The van der Waals surface area contributed by atoms with Crippen molar-refractivity contribution in [2.45, 2.75) is 57.1 Å². The zero-order valence-corrected chi connectivity index (χ0v) is 8.59. The van der Waals surface area contributed by atoms with Gasteiger partial charge in [0.25, 0.3) is 0 Å². The molecule has 1 saturated heterocycles. The maximum Gasteiger partial charge on any atom is 0.0593 e. The van der Waals surface area contributed by atoms with E-state index in [1.165, 1.54) is 38.5 Å². The fourth-order valence-electron chi connectivity index (χ4n) is 3.07. The van der Waals surface area contributed by atoms with Crippen LogP contribution in [0.2, 0.25) is 0 Å². The smallest absolute Gasteiger partial charge is 0.0593 e. The van der Waals surface area contributed by atoms with Crippen molar-refractivity contribution in [3.63, 3.8) is 0 Å². The molecular weight excluding hydrogens is 162 g/mol. The number of hydrogen-bond acceptors (Lipinski definition) is 2. The van der Waals surface area contributed by atoms with Crippen LogP contribution in [-0.2, 0) is 4.74 Å². The minimum atomic E-state index is 0.105. The topological polar surface area (TPSA) is 35.2 Å². The Morgan fingerprint density at radius 1 is 1.23 bits per heavy atom. The van der Waals surface area contributed by atoms with Gasteiger partial charge in [0.05, 0.1) is 6.10 Å². The number of hydrogen-bond donors (Lipinski definition) is 1. The van der Waals surface area contributed by atoms with E-state index in [1.54, 1.807) is 0 Å². The van der Waals surface area contributed by atoms with Crippen molar-refractivity contribution in [2.75, 3.05) is 6.61 Å². The Bertz CT molecular complexity index is 175. The molecule has 13 heavy (non-hydrogen) atoms. The second-order valence-electron chi connectivity index (χ2n) is 4.76. The van der Waals surface area contributed by atoms with Crippen LogP contribution >= 0.6 is 0 Å². The van der Waals surface area contributed by atoms with E-state index in [9.17, 15) is 0 Å². The summed E-state index contributed by atoms with van der Waals surface area (Å²) in [7, 11) is 0. The van der Waals surface area contributed by atoms with Crippen LogP contribution in [0.3, 0.4) is 0 Å². The van der Waals surface area contributed by atoms with Crippen molar-refractivity contribution in [1.82, 2.24) is 0 Å². The van der Waals surface area contributed by atoms with Crippen LogP contribution < -0.4 is 5.73 Å². The van der Waals surface area contributed by atoms with Crippen molar-refractivity contribution in [3.05, 3.63) is 0 Å². The van der Waals surface area contributed by atoms with Gasteiger partial charge in [-0.25, -0.2) is 0 Å². The second kappa shape index (κ2) is 3.58. The highest BCUT2D eigenvalue weighted by Crippen LogP contribution is 2.39. The molecule has 2 heteroatoms. The molecule has 2 rings (SSSR count). The molecule has 1 aliphatic heterocycles. The first-order valence-electron chi connectivity index (χ1n) is 5.63. The van der Waals surface area contributed by atoms with Gasteiger partial charge >= 0.3 is 0 Å². The van der Waals surface area contributed by atoms with Gasteiger partial charge in [-0.3, -0.25) is 0 Å². The Hall–Kier alpha value is -0.0800. The van der Waals surface area contributed by atoms with Crippen molar-refractivity contribution in [2.24, 2.45) is 11.7 Å². The molecule has 1 saturated carbocycles. The van der Waals surface area contributed by atoms with E-state index in [0.29, 0.717) is 12.0 Å². The predicted molar refractivity (Wildman–Crippen MR) is 53.5 cm³/mol. The minimum Gasteiger partial charge on any atom is -0.378 e. The summed E-state index contributed by atoms with van der Waals surface area (Å²) in [6, 6.07) is 0. The fraction of sp³-hybridized carbons (Fsp3) is 1.00. The highest BCUT2D eigenvalue weighted by Gasteiger charge is 2.41. The predicted octanol–water partition coefficient (Wildman–Crippen LogP) is 2.07. The summed E-state index contributed by atoms with van der Waals surface area (Å²) in [6.45, 7) is 3.10. The monoisotopic (exact) mass is 183 g/mol. The van der Waals surface area contributed by atoms with Crippen molar-refractivity contribution >= 4 is 0 Å². The molecule has 1 heterocycles. The first-order chi connectivity index (χ1) is 6.22. The molecule has 2 unspecified atom stereocenters. The molecule has 0 amide bonds. The van der Waals surface area contributed by atoms with Gasteiger partial charge in [0, 0.05) is 18.1 Å². The zero-order valence-electron chi connectivity index (χ0n) is 8.59. The molecule has 0 aromatic rings. The van der Waals surface area contributed by atoms with Crippen molar-refractivity contribution in [3.8, 4) is 0 Å². The second-order valence-corrected chi connectivity index (χ2v) is 4.76. The molecule has 1 aliphatic carbocycles. The fourth-order valence-corrected chi connectivity index (χ4v) is 3.07. The van der Waals surface area contributed by atoms with Crippen molar-refractivity contribution in [1.29, 1.82) is 0 Å². The zero-order chi connectivity index (χ0) is 9.31. The average Bonchev–Trinajstić information content (AvgIpc) is 2.53. The van der Waals surface area contributed by atoms with Crippen LogP contribution in [0.1, 0.15) is 45.4 Å². The van der Waals surface area contributed by atoms with E-state index in [2.05, 4.69) is 6.92 Å². The molecule has 0 spiro atoms. The van der Waals surface area contributed by atoms with E-state index >= 15 is 0 Å². The largest absolute Gasteiger partial charge is 0.378 e. The summed E-state index contributed by atoms with van der Waals surface area (Å²) >= 11 is 0. The third-order valence-corrected chi connectivity index (χ3v) is 3.90. The molecule has 2 aliphatic rings. The van der Waals surface area contributed by atoms with E-state index in [4.69, 9.17) is 10.5 Å². The summed E-state index contributed by atoms with van der Waals surface area (Å²) in [4.78, 5) is 0. The van der Waals surface area contributed by atoms with Crippen LogP contribution in [0.5, 0.6) is 0 Å². The van der Waals surface area contributed by atoms with E-state index in [0.717, 1.165) is 6.61 Å². The first-order valence-corrected chi connectivity index (χ1v) is 5.63. The molecule has 2 fully saturated rings. The van der Waals surface area contributed by atoms with Crippen LogP contribution in [0.15, 0.2) is 0 Å². The maximum atomic E-state index is 6.47. The number of ether oxygens (including phenoxy) is 1. The van der Waals surface area contributed by atoms with Gasteiger partial charge in [0.1, 0.15) is 0 Å². The van der Waals surface area contributed by atoms with Gasteiger partial charge in [0.15, 0.2) is 0 Å². The minimum absolute atomic E-state index is 0.105. The summed E-state index contributed by atoms with van der Waals surface area (Å²) in [5, 5.41) is 0. The van der Waals surface area contributed by atoms with Crippen LogP contribution in [0.25, 0.3) is 0 Å². The molecule has 2 N–H and O–H groups in total. The number of rotatable bonds is 1. The lowest BCUT2D eigenvalue weighted by Crippen LogP contribution is -2.50. The lowest BCUT2D eigenvalue weighted by molar-refractivity contribution is 0.0703. The molecule has 0 bridgehead atoms. The van der Waals surface area contributed by atoms with E-state index < -0.39 is 0 Å². The molecular formula is C11H21NO. The van der Waals surface area contributed by atoms with E-state index in [-0.39, 0.29) is 5.54 Å². The van der Waals surface area contributed by atoms with Gasteiger partial charge in [-0.2, -0.15) is 0 Å². The molecule has 0 aromatic carbocycles. The normalized spacial score (nSPS) is 39.2. The Kier molecular flexibility index (Phi) is 2.61. The number of nitrogens with two attached hydrogens (primary N) is 1. The lowest BCUT2D eigenvalue weighted by Gasteiger charge is -2.40. The van der Waals surface area contributed by atoms with Gasteiger partial charge in [-0.1, -0.05) is 19.3 Å². The van der Waals surface area contributed by atoms with Gasteiger partial charge in [-0.15, -0.1) is 0 Å². The molecule has 0 radical (unpaired) electrons. The Balaban J connectivity index is 2.03. The Morgan fingerprint density at radius 2 is 1.92 bits per heavy atom. The van der Waals surface area contributed by atoms with Crippen LogP contribution in [0.4, 0.5) is 0 Å². The van der Waals surface area contributed by atoms with Crippen LogP contribution in [0, 0.1) is 5.92 Å². The Morgan fingerprint density at radius 3 is 2.46 bits per heavy atom. The highest BCUT2D eigenvalue weighted by atomic mass is 16.5. The van der Waals surface area contributed by atoms with Gasteiger partial charge < -0.3 is 10.5 Å². The molecule has 76 valence electrons. The summed E-state index contributed by atoms with van der Waals surface area (Å²) in [5.74, 6) is 0.618. The van der Waals surface area contributed by atoms with Crippen LogP contribution in [-0.4, -0.2) is 18.2 Å². The average molecular weight is 183 g/mol. The summed E-state index contributed by atoms with van der Waals surface area (Å²) in [5.41, 5.74) is 6.58. The first kappa shape index (κ1) is 9.47. The molecule has 2 atom stereocenters.